The molecule has 2 aromatic rings. The van der Waals surface area contributed by atoms with Crippen molar-refractivity contribution in [2.24, 2.45) is 5.92 Å². The van der Waals surface area contributed by atoms with E-state index in [1.165, 1.54) is 11.1 Å². The number of carboxylic acids is 1. The number of carboxylic acid groups (broad SMARTS) is 1. The quantitative estimate of drug-likeness (QED) is 0.633. The number of Topliss-reactive ketones (excluding diaryl/α,β-unsaturated/α-hetero) is 1. The summed E-state index contributed by atoms with van der Waals surface area (Å²) < 4.78 is 5.73. The first kappa shape index (κ1) is 24.0. The minimum Gasteiger partial charge on any atom is -0.481 e. The van der Waals surface area contributed by atoms with Crippen LogP contribution in [-0.4, -0.2) is 40.5 Å². The predicted molar refractivity (Wildman–Crippen MR) is 129 cm³/mol. The molecule has 0 saturated heterocycles. The smallest absolute Gasteiger partial charge is 0.410 e. The number of carbonyl (C=O) groups is 3. The van der Waals surface area contributed by atoms with Crippen LogP contribution in [0.4, 0.5) is 4.79 Å². The van der Waals surface area contributed by atoms with Gasteiger partial charge in [-0.3, -0.25) is 9.59 Å². The Bertz CT molecular complexity index is 1040. The summed E-state index contributed by atoms with van der Waals surface area (Å²) >= 11 is 0. The molecule has 1 N–H and O–H groups in total. The van der Waals surface area contributed by atoms with Gasteiger partial charge in [0.05, 0.1) is 0 Å². The molecule has 0 unspecified atom stereocenters. The molecule has 2 aromatic carbocycles. The number of hydrogen-bond donors (Lipinski definition) is 1. The Morgan fingerprint density at radius 2 is 1.62 bits per heavy atom. The molecular weight excluding hydrogens is 430 g/mol. The van der Waals surface area contributed by atoms with Crippen LogP contribution < -0.4 is 0 Å². The molecule has 34 heavy (non-hydrogen) atoms. The van der Waals surface area contributed by atoms with E-state index in [4.69, 9.17) is 9.84 Å². The number of ketones is 1. The van der Waals surface area contributed by atoms with Gasteiger partial charge >= 0.3 is 12.1 Å². The number of ether oxygens (including phenoxy) is 1. The largest absolute Gasteiger partial charge is 0.481 e. The molecule has 0 atom stereocenters. The maximum Gasteiger partial charge on any atom is 0.410 e. The SMILES string of the molecule is Cc1ccc(CC(=O)Cc2ccc3c(c2)CCN(C(=O)OC2CCC(CC(=O)O)CC2)C3)cc1. The van der Waals surface area contributed by atoms with Crippen LogP contribution in [0.2, 0.25) is 0 Å². The average molecular weight is 464 g/mol. The summed E-state index contributed by atoms with van der Waals surface area (Å²) in [6.07, 6.45) is 4.43. The summed E-state index contributed by atoms with van der Waals surface area (Å²) in [7, 11) is 0. The minimum atomic E-state index is -0.758. The summed E-state index contributed by atoms with van der Waals surface area (Å²) in [5.41, 5.74) is 5.54. The van der Waals surface area contributed by atoms with Gasteiger partial charge in [-0.05, 0) is 67.2 Å². The summed E-state index contributed by atoms with van der Waals surface area (Å²) in [5.74, 6) is -0.374. The number of amides is 1. The van der Waals surface area contributed by atoms with Gasteiger partial charge in [-0.2, -0.15) is 0 Å². The van der Waals surface area contributed by atoms with Crippen molar-refractivity contribution in [3.05, 3.63) is 70.3 Å². The molecule has 2 aliphatic rings. The Morgan fingerprint density at radius 1 is 0.941 bits per heavy atom. The Balaban J connectivity index is 1.27. The Labute approximate surface area is 200 Å². The molecule has 1 fully saturated rings. The summed E-state index contributed by atoms with van der Waals surface area (Å²) in [6.45, 7) is 3.15. The molecule has 0 spiro atoms. The van der Waals surface area contributed by atoms with Crippen molar-refractivity contribution in [2.75, 3.05) is 6.54 Å². The lowest BCUT2D eigenvalue weighted by Gasteiger charge is -2.32. The van der Waals surface area contributed by atoms with Crippen LogP contribution >= 0.6 is 0 Å². The zero-order chi connectivity index (χ0) is 24.1. The minimum absolute atomic E-state index is 0.124. The van der Waals surface area contributed by atoms with Crippen LogP contribution in [-0.2, 0) is 40.1 Å². The molecule has 1 aliphatic carbocycles. The third-order valence-corrected chi connectivity index (χ3v) is 6.99. The van der Waals surface area contributed by atoms with Gasteiger partial charge in [0.1, 0.15) is 11.9 Å². The molecule has 1 saturated carbocycles. The molecule has 0 aromatic heterocycles. The maximum absolute atomic E-state index is 12.7. The molecule has 6 nitrogen and oxygen atoms in total. The highest BCUT2D eigenvalue weighted by Gasteiger charge is 2.28. The van der Waals surface area contributed by atoms with E-state index in [0.717, 1.165) is 48.8 Å². The van der Waals surface area contributed by atoms with E-state index in [9.17, 15) is 14.4 Å². The van der Waals surface area contributed by atoms with Gasteiger partial charge in [0.25, 0.3) is 0 Å². The molecule has 1 aliphatic heterocycles. The van der Waals surface area contributed by atoms with Crippen LogP contribution in [0.5, 0.6) is 0 Å². The Kier molecular flexibility index (Phi) is 7.66. The van der Waals surface area contributed by atoms with Crippen LogP contribution in [0.25, 0.3) is 0 Å². The van der Waals surface area contributed by atoms with Crippen molar-refractivity contribution in [3.63, 3.8) is 0 Å². The molecule has 6 heteroatoms. The lowest BCUT2D eigenvalue weighted by atomic mass is 9.85. The lowest BCUT2D eigenvalue weighted by molar-refractivity contribution is -0.138. The van der Waals surface area contributed by atoms with Gasteiger partial charge in [0.2, 0.25) is 0 Å². The molecule has 0 bridgehead atoms. The van der Waals surface area contributed by atoms with Gasteiger partial charge in [0.15, 0.2) is 0 Å². The average Bonchev–Trinajstić information content (AvgIpc) is 2.81. The second-order valence-corrected chi connectivity index (χ2v) is 9.78. The standard InChI is InChI=1S/C28H33NO5/c1-19-2-4-20(5-3-19)15-25(30)16-22-6-9-24-18-29(13-12-23(24)14-22)28(33)34-26-10-7-21(8-11-26)17-27(31)32/h2-6,9,14,21,26H,7-8,10-13,15-18H2,1H3,(H,31,32). The highest BCUT2D eigenvalue weighted by Crippen LogP contribution is 2.29. The molecule has 180 valence electrons. The maximum atomic E-state index is 12.7. The number of benzene rings is 2. The number of carbonyl (C=O) groups excluding carboxylic acids is 2. The monoisotopic (exact) mass is 463 g/mol. The molecule has 1 amide bonds. The Morgan fingerprint density at radius 3 is 2.32 bits per heavy atom. The van der Waals surface area contributed by atoms with E-state index in [2.05, 4.69) is 6.07 Å². The number of nitrogens with zero attached hydrogens (tertiary/aromatic N) is 1. The number of hydrogen-bond acceptors (Lipinski definition) is 4. The fraction of sp³-hybridized carbons (Fsp3) is 0.464. The van der Waals surface area contributed by atoms with Crippen molar-refractivity contribution in [1.29, 1.82) is 0 Å². The number of rotatable bonds is 7. The normalized spacial score (nSPS) is 19.9. The highest BCUT2D eigenvalue weighted by atomic mass is 16.6. The van der Waals surface area contributed by atoms with E-state index in [-0.39, 0.29) is 30.3 Å². The molecule has 1 heterocycles. The number of fused-ring (bicyclic) bond motifs is 1. The summed E-state index contributed by atoms with van der Waals surface area (Å²) in [5, 5.41) is 8.95. The van der Waals surface area contributed by atoms with Crippen LogP contribution in [0.15, 0.2) is 42.5 Å². The number of aryl methyl sites for hydroxylation is 1. The third kappa shape index (κ3) is 6.46. The van der Waals surface area contributed by atoms with Crippen molar-refractivity contribution in [2.45, 2.75) is 70.9 Å². The first-order chi connectivity index (χ1) is 16.4. The van der Waals surface area contributed by atoms with Gasteiger partial charge in [-0.25, -0.2) is 4.79 Å². The highest BCUT2D eigenvalue weighted by molar-refractivity contribution is 5.83. The van der Waals surface area contributed by atoms with Crippen molar-refractivity contribution in [1.82, 2.24) is 4.90 Å². The Hall–Kier alpha value is -3.15. The van der Waals surface area contributed by atoms with E-state index >= 15 is 0 Å². The fourth-order valence-corrected chi connectivity index (χ4v) is 5.01. The van der Waals surface area contributed by atoms with E-state index in [0.29, 0.717) is 25.9 Å². The zero-order valence-corrected chi connectivity index (χ0v) is 19.8. The van der Waals surface area contributed by atoms with E-state index in [1.54, 1.807) is 4.90 Å². The van der Waals surface area contributed by atoms with Crippen molar-refractivity contribution < 1.29 is 24.2 Å². The first-order valence-corrected chi connectivity index (χ1v) is 12.2. The van der Waals surface area contributed by atoms with E-state index in [1.807, 2.05) is 43.3 Å². The van der Waals surface area contributed by atoms with Gasteiger partial charge in [0, 0.05) is 32.4 Å². The van der Waals surface area contributed by atoms with Gasteiger partial charge in [-0.1, -0.05) is 48.0 Å². The fourth-order valence-electron chi connectivity index (χ4n) is 5.01. The lowest BCUT2D eigenvalue weighted by Crippen LogP contribution is -2.39. The zero-order valence-electron chi connectivity index (χ0n) is 19.8. The second kappa shape index (κ2) is 10.9. The van der Waals surface area contributed by atoms with Crippen molar-refractivity contribution >= 4 is 17.8 Å². The second-order valence-electron chi connectivity index (χ2n) is 9.78. The van der Waals surface area contributed by atoms with Crippen LogP contribution in [0.3, 0.4) is 0 Å². The third-order valence-electron chi connectivity index (χ3n) is 6.99. The predicted octanol–water partition coefficient (Wildman–Crippen LogP) is 4.88. The molecule has 4 rings (SSSR count). The topological polar surface area (TPSA) is 83.9 Å². The van der Waals surface area contributed by atoms with Gasteiger partial charge in [-0.15, -0.1) is 0 Å². The van der Waals surface area contributed by atoms with Gasteiger partial charge < -0.3 is 14.7 Å². The molecular formula is C28H33NO5. The van der Waals surface area contributed by atoms with Crippen LogP contribution in [0, 0.1) is 12.8 Å². The van der Waals surface area contributed by atoms with Crippen LogP contribution in [0.1, 0.15) is 59.9 Å². The van der Waals surface area contributed by atoms with Crippen molar-refractivity contribution in [3.8, 4) is 0 Å². The first-order valence-electron chi connectivity index (χ1n) is 12.2. The van der Waals surface area contributed by atoms with E-state index < -0.39 is 5.97 Å². The molecule has 0 radical (unpaired) electrons. The summed E-state index contributed by atoms with van der Waals surface area (Å²) in [6, 6.07) is 14.2. The number of aliphatic carboxylic acids is 1. The summed E-state index contributed by atoms with van der Waals surface area (Å²) in [4.78, 5) is 37.9.